The van der Waals surface area contributed by atoms with Crippen LogP contribution in [0.2, 0.25) is 10.0 Å². The van der Waals surface area contributed by atoms with Gasteiger partial charge in [0.15, 0.2) is 11.6 Å². The van der Waals surface area contributed by atoms with E-state index in [9.17, 15) is 18.0 Å². The summed E-state index contributed by atoms with van der Waals surface area (Å²) in [6, 6.07) is 15.7. The summed E-state index contributed by atoms with van der Waals surface area (Å²) < 4.78 is 28.2. The molecule has 0 saturated heterocycles. The molecule has 0 radical (unpaired) electrons. The number of sulfonamides is 1. The van der Waals surface area contributed by atoms with E-state index in [2.05, 4.69) is 10.0 Å². The molecule has 6 nitrogen and oxygen atoms in total. The number of anilines is 2. The van der Waals surface area contributed by atoms with Gasteiger partial charge in [-0.2, -0.15) is 0 Å². The van der Waals surface area contributed by atoms with Crippen LogP contribution in [-0.4, -0.2) is 20.0 Å². The minimum absolute atomic E-state index is 0.0394. The Morgan fingerprint density at radius 3 is 2.35 bits per heavy atom. The Morgan fingerprint density at radius 2 is 1.71 bits per heavy atom. The molecule has 9 heteroatoms. The van der Waals surface area contributed by atoms with Gasteiger partial charge in [0, 0.05) is 29.2 Å². The Bertz CT molecular complexity index is 1390. The van der Waals surface area contributed by atoms with E-state index in [1.54, 1.807) is 18.2 Å². The number of nitrogens with one attached hydrogen (secondary N) is 2. The molecule has 3 aromatic rings. The average Bonchev–Trinajstić information content (AvgIpc) is 2.80. The van der Waals surface area contributed by atoms with Gasteiger partial charge in [-0.3, -0.25) is 14.3 Å². The fourth-order valence-electron chi connectivity index (χ4n) is 3.77. The number of halogens is 2. The van der Waals surface area contributed by atoms with Gasteiger partial charge in [-0.05, 0) is 42.0 Å². The first-order valence-electron chi connectivity index (χ1n) is 10.6. The van der Waals surface area contributed by atoms with E-state index in [-0.39, 0.29) is 45.6 Å². The van der Waals surface area contributed by atoms with Gasteiger partial charge in [0.1, 0.15) is 0 Å². The van der Waals surface area contributed by atoms with Crippen LogP contribution in [0.4, 0.5) is 11.4 Å². The maximum atomic E-state index is 12.9. The molecule has 0 aliphatic carbocycles. The topological polar surface area (TPSA) is 92.3 Å². The molecule has 1 aliphatic heterocycles. The van der Waals surface area contributed by atoms with Gasteiger partial charge in [-0.1, -0.05) is 61.3 Å². The third kappa shape index (κ3) is 4.97. The molecule has 176 valence electrons. The number of ketones is 2. The first kappa shape index (κ1) is 24.3. The molecule has 1 unspecified atom stereocenters. The Kier molecular flexibility index (Phi) is 6.71. The molecule has 2 N–H and O–H groups in total. The van der Waals surface area contributed by atoms with E-state index in [0.29, 0.717) is 21.8 Å². The number of hydrogen-bond donors (Lipinski definition) is 2. The van der Waals surface area contributed by atoms with Crippen molar-refractivity contribution in [2.24, 2.45) is 5.92 Å². The van der Waals surface area contributed by atoms with Crippen molar-refractivity contribution >= 4 is 56.2 Å². The molecule has 3 aromatic carbocycles. The number of rotatable bonds is 6. The third-order valence-corrected chi connectivity index (χ3v) is 7.73. The van der Waals surface area contributed by atoms with E-state index < -0.39 is 10.0 Å². The molecule has 1 atom stereocenters. The number of carbonyl (C=O) groups is 2. The number of benzene rings is 3. The molecule has 0 spiro atoms. The van der Waals surface area contributed by atoms with Crippen LogP contribution in [0.15, 0.2) is 65.6 Å². The second kappa shape index (κ2) is 9.41. The molecular formula is C25H22Cl2N2O4S. The Morgan fingerprint density at radius 1 is 1.00 bits per heavy atom. The fraction of sp³-hybridized carbons (Fsp3) is 0.200. The second-order valence-corrected chi connectivity index (χ2v) is 10.9. The zero-order valence-corrected chi connectivity index (χ0v) is 20.8. The zero-order chi connectivity index (χ0) is 24.6. The highest BCUT2D eigenvalue weighted by Crippen LogP contribution is 2.35. The van der Waals surface area contributed by atoms with Crippen molar-refractivity contribution < 1.29 is 18.0 Å². The van der Waals surface area contributed by atoms with Crippen molar-refractivity contribution in [2.45, 2.75) is 31.2 Å². The van der Waals surface area contributed by atoms with E-state index in [1.165, 1.54) is 30.3 Å². The highest BCUT2D eigenvalue weighted by atomic mass is 35.5. The molecule has 0 aromatic heterocycles. The molecule has 0 bridgehead atoms. The van der Waals surface area contributed by atoms with E-state index in [1.807, 2.05) is 26.0 Å². The lowest BCUT2D eigenvalue weighted by molar-refractivity contribution is 0.0937. The smallest absolute Gasteiger partial charge is 0.261 e. The highest BCUT2D eigenvalue weighted by molar-refractivity contribution is 7.92. The van der Waals surface area contributed by atoms with Gasteiger partial charge in [-0.15, -0.1) is 0 Å². The summed E-state index contributed by atoms with van der Waals surface area (Å²) >= 11 is 11.9. The SMILES string of the molecule is CC(C)C(=O)c1ccc(C2CC(=O)c3cc(S(=O)(=O)Nc4ccc(Cl)c(Cl)c4)ccc3N2)cc1. The number of Topliss-reactive ketones (excluding diaryl/α,β-unsaturated/α-hetero) is 2. The lowest BCUT2D eigenvalue weighted by Gasteiger charge is -2.27. The molecule has 0 amide bonds. The summed E-state index contributed by atoms with van der Waals surface area (Å²) in [6.07, 6.45) is 0.161. The molecular weight excluding hydrogens is 495 g/mol. The van der Waals surface area contributed by atoms with Crippen molar-refractivity contribution in [3.8, 4) is 0 Å². The lowest BCUT2D eigenvalue weighted by Crippen LogP contribution is -2.23. The van der Waals surface area contributed by atoms with E-state index in [4.69, 9.17) is 23.2 Å². The average molecular weight is 517 g/mol. The largest absolute Gasteiger partial charge is 0.377 e. The molecule has 4 rings (SSSR count). The number of carbonyl (C=O) groups excluding carboxylic acids is 2. The van der Waals surface area contributed by atoms with Gasteiger partial charge in [0.2, 0.25) is 0 Å². The highest BCUT2D eigenvalue weighted by Gasteiger charge is 2.28. The normalized spacial score (nSPS) is 15.6. The summed E-state index contributed by atoms with van der Waals surface area (Å²) in [5, 5.41) is 3.84. The van der Waals surface area contributed by atoms with Crippen LogP contribution in [0.5, 0.6) is 0 Å². The van der Waals surface area contributed by atoms with Gasteiger partial charge in [-0.25, -0.2) is 8.42 Å². The Labute approximate surface area is 208 Å². The Hall–Kier alpha value is -2.87. The first-order valence-corrected chi connectivity index (χ1v) is 12.8. The molecule has 0 saturated carbocycles. The van der Waals surface area contributed by atoms with Gasteiger partial charge < -0.3 is 5.32 Å². The summed E-state index contributed by atoms with van der Waals surface area (Å²) in [5.41, 5.74) is 2.62. The van der Waals surface area contributed by atoms with Crippen LogP contribution < -0.4 is 10.0 Å². The summed E-state index contributed by atoms with van der Waals surface area (Å²) in [5.74, 6) is -0.204. The van der Waals surface area contributed by atoms with Gasteiger partial charge in [0.05, 0.1) is 26.7 Å². The van der Waals surface area contributed by atoms with Crippen molar-refractivity contribution in [1.82, 2.24) is 0 Å². The molecule has 1 heterocycles. The maximum absolute atomic E-state index is 12.9. The predicted octanol–water partition coefficient (Wildman–Crippen LogP) is 6.37. The molecule has 1 aliphatic rings. The Balaban J connectivity index is 1.56. The van der Waals surface area contributed by atoms with Gasteiger partial charge >= 0.3 is 0 Å². The summed E-state index contributed by atoms with van der Waals surface area (Å²) in [4.78, 5) is 25.0. The van der Waals surface area contributed by atoms with Crippen LogP contribution in [0.25, 0.3) is 0 Å². The van der Waals surface area contributed by atoms with Crippen molar-refractivity contribution in [3.05, 3.63) is 87.4 Å². The minimum atomic E-state index is -3.95. The standard InChI is InChI=1S/C25H22Cl2N2O4S/c1-14(2)25(31)16-5-3-15(4-6-16)23-13-24(30)19-12-18(8-10-22(19)28-23)34(32,33)29-17-7-9-20(26)21(27)11-17/h3-12,14,23,28-29H,13H2,1-2H3. The van der Waals surface area contributed by atoms with Gasteiger partial charge in [0.25, 0.3) is 10.0 Å². The zero-order valence-electron chi connectivity index (χ0n) is 18.4. The van der Waals surface area contributed by atoms with E-state index in [0.717, 1.165) is 5.56 Å². The van der Waals surface area contributed by atoms with Crippen LogP contribution in [0, 0.1) is 5.92 Å². The van der Waals surface area contributed by atoms with Crippen molar-refractivity contribution in [2.75, 3.05) is 10.0 Å². The van der Waals surface area contributed by atoms with Crippen molar-refractivity contribution in [1.29, 1.82) is 0 Å². The number of fused-ring (bicyclic) bond motifs is 1. The van der Waals surface area contributed by atoms with Crippen LogP contribution in [-0.2, 0) is 10.0 Å². The van der Waals surface area contributed by atoms with E-state index >= 15 is 0 Å². The summed E-state index contributed by atoms with van der Waals surface area (Å²) in [7, 11) is -3.95. The number of hydrogen-bond acceptors (Lipinski definition) is 5. The quantitative estimate of drug-likeness (QED) is 0.371. The second-order valence-electron chi connectivity index (χ2n) is 8.41. The predicted molar refractivity (Wildman–Crippen MR) is 135 cm³/mol. The third-order valence-electron chi connectivity index (χ3n) is 5.61. The van der Waals surface area contributed by atoms with Crippen LogP contribution in [0.3, 0.4) is 0 Å². The van der Waals surface area contributed by atoms with Crippen LogP contribution in [0.1, 0.15) is 52.6 Å². The monoisotopic (exact) mass is 516 g/mol. The minimum Gasteiger partial charge on any atom is -0.377 e. The maximum Gasteiger partial charge on any atom is 0.261 e. The fourth-order valence-corrected chi connectivity index (χ4v) is 5.14. The lowest BCUT2D eigenvalue weighted by atomic mass is 9.91. The van der Waals surface area contributed by atoms with Crippen LogP contribution >= 0.6 is 23.2 Å². The van der Waals surface area contributed by atoms with Crippen molar-refractivity contribution in [3.63, 3.8) is 0 Å². The summed E-state index contributed by atoms with van der Waals surface area (Å²) in [6.45, 7) is 3.70. The first-order chi connectivity index (χ1) is 16.0. The molecule has 0 fully saturated rings. The molecule has 34 heavy (non-hydrogen) atoms.